The summed E-state index contributed by atoms with van der Waals surface area (Å²) in [5.74, 6) is 0.272. The van der Waals surface area contributed by atoms with Gasteiger partial charge in [0.25, 0.3) is 0 Å². The van der Waals surface area contributed by atoms with E-state index in [-0.39, 0.29) is 10.8 Å². The maximum absolute atomic E-state index is 12.9. The molecule has 2 saturated heterocycles. The van der Waals surface area contributed by atoms with E-state index in [4.69, 9.17) is 4.74 Å². The monoisotopic (exact) mass is 338 g/mol. The quantitative estimate of drug-likeness (QED) is 0.801. The fraction of sp³-hybridized carbons (Fsp3) is 0.562. The molecule has 1 aromatic rings. The van der Waals surface area contributed by atoms with E-state index in [2.05, 4.69) is 0 Å². The molecular formula is C16H22N2O4S. The summed E-state index contributed by atoms with van der Waals surface area (Å²) < 4.78 is 32.2. The third-order valence-corrected chi connectivity index (χ3v) is 6.57. The lowest BCUT2D eigenvalue weighted by Gasteiger charge is -2.45. The molecule has 6 nitrogen and oxygen atoms in total. The van der Waals surface area contributed by atoms with Gasteiger partial charge in [-0.2, -0.15) is 4.31 Å². The second-order valence-electron chi connectivity index (χ2n) is 6.11. The highest BCUT2D eigenvalue weighted by Crippen LogP contribution is 2.33. The first kappa shape index (κ1) is 16.4. The highest BCUT2D eigenvalue weighted by atomic mass is 32.2. The van der Waals surface area contributed by atoms with E-state index in [1.54, 1.807) is 42.3 Å². The van der Waals surface area contributed by atoms with Crippen molar-refractivity contribution in [2.24, 2.45) is 5.92 Å². The number of piperidine rings is 2. The van der Waals surface area contributed by atoms with Gasteiger partial charge in [0.2, 0.25) is 15.9 Å². The molecule has 1 aromatic carbocycles. The molecule has 0 aromatic heterocycles. The Morgan fingerprint density at radius 3 is 2.70 bits per heavy atom. The zero-order valence-corrected chi connectivity index (χ0v) is 14.0. The summed E-state index contributed by atoms with van der Waals surface area (Å²) in [6, 6.07) is 7.77. The average molecular weight is 338 g/mol. The number of hydrogen-bond donors (Lipinski definition) is 0. The molecule has 0 aliphatic carbocycles. The molecule has 2 bridgehead atoms. The zero-order chi connectivity index (χ0) is 16.4. The first-order valence-electron chi connectivity index (χ1n) is 7.88. The van der Waals surface area contributed by atoms with Crippen LogP contribution in [0.5, 0.6) is 0 Å². The molecule has 0 N–H and O–H groups in total. The summed E-state index contributed by atoms with van der Waals surface area (Å²) in [5, 5.41) is 0. The molecule has 2 aliphatic rings. The number of ether oxygens (including phenoxy) is 1. The van der Waals surface area contributed by atoms with Crippen molar-refractivity contribution in [2.75, 3.05) is 33.4 Å². The Morgan fingerprint density at radius 2 is 2.00 bits per heavy atom. The highest BCUT2D eigenvalue weighted by molar-refractivity contribution is 7.89. The molecular weight excluding hydrogens is 316 g/mol. The highest BCUT2D eigenvalue weighted by Gasteiger charge is 2.45. The standard InChI is InChI=1S/C16H22N2O4S/c1-22-10-9-17-12-13-7-8-18(15(11-13)16(17)19)23(20,21)14-5-3-2-4-6-14/h2-6,13,15H,7-12H2,1H3/t13-,15+/m0/s1. The van der Waals surface area contributed by atoms with Gasteiger partial charge in [0, 0.05) is 26.7 Å². The van der Waals surface area contributed by atoms with Crippen molar-refractivity contribution in [1.82, 2.24) is 9.21 Å². The molecule has 0 saturated carbocycles. The van der Waals surface area contributed by atoms with E-state index in [9.17, 15) is 13.2 Å². The lowest BCUT2D eigenvalue weighted by Crippen LogP contribution is -2.60. The van der Waals surface area contributed by atoms with Crippen molar-refractivity contribution in [3.05, 3.63) is 30.3 Å². The molecule has 126 valence electrons. The zero-order valence-electron chi connectivity index (χ0n) is 13.2. The van der Waals surface area contributed by atoms with Gasteiger partial charge >= 0.3 is 0 Å². The minimum absolute atomic E-state index is 0.0995. The Morgan fingerprint density at radius 1 is 1.26 bits per heavy atom. The number of fused-ring (bicyclic) bond motifs is 2. The number of methoxy groups -OCH3 is 1. The van der Waals surface area contributed by atoms with E-state index >= 15 is 0 Å². The van der Waals surface area contributed by atoms with Crippen LogP contribution in [-0.4, -0.2) is 62.9 Å². The minimum Gasteiger partial charge on any atom is -0.383 e. The molecule has 0 radical (unpaired) electrons. The van der Waals surface area contributed by atoms with Crippen molar-refractivity contribution in [1.29, 1.82) is 0 Å². The number of rotatable bonds is 5. The summed E-state index contributed by atoms with van der Waals surface area (Å²) >= 11 is 0. The van der Waals surface area contributed by atoms with Crippen LogP contribution in [0.1, 0.15) is 12.8 Å². The molecule has 2 heterocycles. The van der Waals surface area contributed by atoms with Crippen molar-refractivity contribution >= 4 is 15.9 Å². The predicted octanol–water partition coefficient (Wildman–Crippen LogP) is 0.944. The van der Waals surface area contributed by atoms with E-state index in [1.807, 2.05) is 0 Å². The fourth-order valence-corrected chi connectivity index (χ4v) is 5.07. The average Bonchev–Trinajstić information content (AvgIpc) is 2.57. The van der Waals surface area contributed by atoms with Crippen LogP contribution in [0.3, 0.4) is 0 Å². The van der Waals surface area contributed by atoms with Crippen LogP contribution < -0.4 is 0 Å². The normalized spacial score (nSPS) is 25.6. The molecule has 2 aliphatic heterocycles. The van der Waals surface area contributed by atoms with Crippen molar-refractivity contribution < 1.29 is 17.9 Å². The summed E-state index contributed by atoms with van der Waals surface area (Å²) in [4.78, 5) is 14.7. The number of amides is 1. The van der Waals surface area contributed by atoms with Gasteiger partial charge < -0.3 is 9.64 Å². The smallest absolute Gasteiger partial charge is 0.243 e. The summed E-state index contributed by atoms with van der Waals surface area (Å²) in [6.07, 6.45) is 1.41. The van der Waals surface area contributed by atoms with Crippen LogP contribution in [0.25, 0.3) is 0 Å². The fourth-order valence-electron chi connectivity index (χ4n) is 3.44. The predicted molar refractivity (Wildman–Crippen MR) is 85.3 cm³/mol. The third-order valence-electron chi connectivity index (χ3n) is 4.65. The number of carbonyl (C=O) groups is 1. The van der Waals surface area contributed by atoms with E-state index < -0.39 is 16.1 Å². The van der Waals surface area contributed by atoms with E-state index in [1.165, 1.54) is 4.31 Å². The van der Waals surface area contributed by atoms with Gasteiger partial charge in [-0.05, 0) is 30.9 Å². The molecule has 3 rings (SSSR count). The van der Waals surface area contributed by atoms with Crippen LogP contribution in [0.4, 0.5) is 0 Å². The van der Waals surface area contributed by atoms with Gasteiger partial charge in [-0.1, -0.05) is 18.2 Å². The topological polar surface area (TPSA) is 66.9 Å². The summed E-state index contributed by atoms with van der Waals surface area (Å²) in [6.45, 7) is 2.10. The number of nitrogens with zero attached hydrogens (tertiary/aromatic N) is 2. The minimum atomic E-state index is -3.64. The number of sulfonamides is 1. The second-order valence-corrected chi connectivity index (χ2v) is 8.00. The third kappa shape index (κ3) is 3.13. The van der Waals surface area contributed by atoms with Gasteiger partial charge in [-0.3, -0.25) is 4.79 Å². The number of benzene rings is 1. The van der Waals surface area contributed by atoms with Gasteiger partial charge in [-0.25, -0.2) is 8.42 Å². The maximum atomic E-state index is 12.9. The first-order valence-corrected chi connectivity index (χ1v) is 9.32. The Kier molecular flexibility index (Phi) is 4.70. The first-order chi connectivity index (χ1) is 11.0. The Balaban J connectivity index is 1.85. The van der Waals surface area contributed by atoms with Gasteiger partial charge in [0.1, 0.15) is 6.04 Å². The number of likely N-dealkylation sites (tertiary alicyclic amines) is 1. The van der Waals surface area contributed by atoms with Crippen LogP contribution in [0, 0.1) is 5.92 Å². The second kappa shape index (κ2) is 6.59. The molecule has 23 heavy (non-hydrogen) atoms. The van der Waals surface area contributed by atoms with Crippen LogP contribution in [0.15, 0.2) is 35.2 Å². The summed E-state index contributed by atoms with van der Waals surface area (Å²) in [5.41, 5.74) is 0. The van der Waals surface area contributed by atoms with Crippen LogP contribution in [0.2, 0.25) is 0 Å². The van der Waals surface area contributed by atoms with Crippen molar-refractivity contribution in [3.8, 4) is 0 Å². The SMILES string of the molecule is COCCN1C[C@H]2CCN(S(=O)(=O)c3ccccc3)[C@H](C2)C1=O. The Bertz CT molecular complexity index is 662. The molecule has 0 spiro atoms. The van der Waals surface area contributed by atoms with Gasteiger partial charge in [-0.15, -0.1) is 0 Å². The number of carbonyl (C=O) groups excluding carboxylic acids is 1. The lowest BCUT2D eigenvalue weighted by atomic mass is 9.87. The largest absolute Gasteiger partial charge is 0.383 e. The van der Waals surface area contributed by atoms with Crippen molar-refractivity contribution in [2.45, 2.75) is 23.8 Å². The van der Waals surface area contributed by atoms with E-state index in [0.717, 1.165) is 6.42 Å². The Labute approximate surface area is 137 Å². The molecule has 1 amide bonds. The van der Waals surface area contributed by atoms with Crippen LogP contribution in [-0.2, 0) is 19.6 Å². The number of hydrogen-bond acceptors (Lipinski definition) is 4. The van der Waals surface area contributed by atoms with Crippen molar-refractivity contribution in [3.63, 3.8) is 0 Å². The summed E-state index contributed by atoms with van der Waals surface area (Å²) in [7, 11) is -2.04. The van der Waals surface area contributed by atoms with Crippen LogP contribution >= 0.6 is 0 Å². The van der Waals surface area contributed by atoms with Gasteiger partial charge in [0.15, 0.2) is 0 Å². The van der Waals surface area contributed by atoms with E-state index in [0.29, 0.717) is 38.6 Å². The molecule has 2 atom stereocenters. The molecule has 7 heteroatoms. The molecule has 2 fully saturated rings. The maximum Gasteiger partial charge on any atom is 0.243 e. The Hall–Kier alpha value is -1.44. The van der Waals surface area contributed by atoms with Gasteiger partial charge in [0.05, 0.1) is 11.5 Å². The molecule has 0 unspecified atom stereocenters. The lowest BCUT2D eigenvalue weighted by molar-refractivity contribution is -0.143.